The molecule has 0 bridgehead atoms. The molecule has 0 radical (unpaired) electrons. The van der Waals surface area contributed by atoms with Crippen LogP contribution in [0.15, 0.2) is 41.1 Å². The minimum atomic E-state index is -0.368. The van der Waals surface area contributed by atoms with Gasteiger partial charge in [-0.1, -0.05) is 0 Å². The fourth-order valence-corrected chi connectivity index (χ4v) is 1.65. The maximum atomic E-state index is 12.7. The summed E-state index contributed by atoms with van der Waals surface area (Å²) in [6, 6.07) is 7.17. The van der Waals surface area contributed by atoms with Crippen molar-refractivity contribution in [1.29, 1.82) is 0 Å². The van der Waals surface area contributed by atoms with E-state index in [-0.39, 0.29) is 11.7 Å². The molecule has 0 saturated heterocycles. The van der Waals surface area contributed by atoms with E-state index in [1.807, 2.05) is 6.92 Å². The van der Waals surface area contributed by atoms with Crippen LogP contribution in [0.1, 0.15) is 15.9 Å². The zero-order valence-corrected chi connectivity index (χ0v) is 11.2. The van der Waals surface area contributed by atoms with Crippen LogP contribution < -0.4 is 5.32 Å². The first-order valence-corrected chi connectivity index (χ1v) is 6.04. The molecule has 2 aromatic rings. The topological polar surface area (TPSA) is 42.0 Å². The van der Waals surface area contributed by atoms with Crippen molar-refractivity contribution in [3.63, 3.8) is 0 Å². The molecular formula is C13H10BrFN2O. The van der Waals surface area contributed by atoms with Crippen molar-refractivity contribution in [3.8, 4) is 0 Å². The summed E-state index contributed by atoms with van der Waals surface area (Å²) in [6.07, 6.45) is 1.55. The number of benzene rings is 1. The fourth-order valence-electron chi connectivity index (χ4n) is 1.43. The molecule has 0 aliphatic carbocycles. The first-order valence-electron chi connectivity index (χ1n) is 5.25. The number of rotatable bonds is 2. The van der Waals surface area contributed by atoms with Gasteiger partial charge < -0.3 is 5.32 Å². The summed E-state index contributed by atoms with van der Waals surface area (Å²) in [5.41, 5.74) is 1.92. The van der Waals surface area contributed by atoms with E-state index < -0.39 is 0 Å². The fraction of sp³-hybridized carbons (Fsp3) is 0.0769. The van der Waals surface area contributed by atoms with E-state index in [0.29, 0.717) is 11.3 Å². The number of aryl methyl sites for hydroxylation is 1. The van der Waals surface area contributed by atoms with E-state index in [2.05, 4.69) is 26.2 Å². The van der Waals surface area contributed by atoms with Crippen LogP contribution in [-0.2, 0) is 0 Å². The van der Waals surface area contributed by atoms with Crippen LogP contribution in [0.5, 0.6) is 0 Å². The highest BCUT2D eigenvalue weighted by atomic mass is 79.9. The van der Waals surface area contributed by atoms with Crippen molar-refractivity contribution < 1.29 is 9.18 Å². The van der Waals surface area contributed by atoms with Crippen LogP contribution in [0.3, 0.4) is 0 Å². The van der Waals surface area contributed by atoms with Crippen molar-refractivity contribution in [1.82, 2.24) is 4.98 Å². The maximum Gasteiger partial charge on any atom is 0.255 e. The molecule has 0 aliphatic rings. The first-order chi connectivity index (χ1) is 8.56. The predicted octanol–water partition coefficient (Wildman–Crippen LogP) is 3.54. The van der Waals surface area contributed by atoms with Crippen LogP contribution >= 0.6 is 15.9 Å². The lowest BCUT2D eigenvalue weighted by Gasteiger charge is -2.06. The molecule has 92 valence electrons. The number of hydrogen-bond donors (Lipinski definition) is 1. The minimum absolute atomic E-state index is 0.293. The Morgan fingerprint density at radius 1 is 1.33 bits per heavy atom. The summed E-state index contributed by atoms with van der Waals surface area (Å²) in [6.45, 7) is 1.88. The summed E-state index contributed by atoms with van der Waals surface area (Å²) in [4.78, 5) is 15.9. The molecule has 5 heteroatoms. The van der Waals surface area contributed by atoms with Gasteiger partial charge >= 0.3 is 0 Å². The van der Waals surface area contributed by atoms with Crippen LogP contribution in [0.2, 0.25) is 0 Å². The van der Waals surface area contributed by atoms with Gasteiger partial charge in [-0.2, -0.15) is 0 Å². The number of nitrogens with one attached hydrogen (secondary N) is 1. The third-order valence-corrected chi connectivity index (χ3v) is 3.21. The molecule has 1 N–H and O–H groups in total. The van der Waals surface area contributed by atoms with E-state index in [0.717, 1.165) is 10.2 Å². The number of carbonyl (C=O) groups is 1. The van der Waals surface area contributed by atoms with Gasteiger partial charge in [-0.05, 0) is 58.7 Å². The Hall–Kier alpha value is -1.75. The molecule has 1 amide bonds. The molecule has 2 rings (SSSR count). The standard InChI is InChI=1S/C13H10BrFN2O/c1-8-6-11(7-16-12(8)14)17-13(18)9-2-4-10(15)5-3-9/h2-7H,1H3,(H,17,18). The van der Waals surface area contributed by atoms with E-state index in [1.54, 1.807) is 12.3 Å². The van der Waals surface area contributed by atoms with Crippen LogP contribution in [0.25, 0.3) is 0 Å². The number of carbonyl (C=O) groups excluding carboxylic acids is 1. The molecule has 0 spiro atoms. The second-order valence-corrected chi connectivity index (χ2v) is 4.54. The highest BCUT2D eigenvalue weighted by Gasteiger charge is 2.07. The van der Waals surface area contributed by atoms with Crippen molar-refractivity contribution in [2.45, 2.75) is 6.92 Å². The van der Waals surface area contributed by atoms with Gasteiger partial charge in [0, 0.05) is 5.56 Å². The average molecular weight is 309 g/mol. The van der Waals surface area contributed by atoms with Crippen LogP contribution in [-0.4, -0.2) is 10.9 Å². The Morgan fingerprint density at radius 2 is 2.00 bits per heavy atom. The van der Waals surface area contributed by atoms with Crippen molar-refractivity contribution in [2.75, 3.05) is 5.32 Å². The number of anilines is 1. The van der Waals surface area contributed by atoms with Crippen molar-refractivity contribution >= 4 is 27.5 Å². The second-order valence-electron chi connectivity index (χ2n) is 3.79. The molecule has 0 fully saturated rings. The van der Waals surface area contributed by atoms with Gasteiger partial charge in [0.25, 0.3) is 5.91 Å². The average Bonchev–Trinajstić information content (AvgIpc) is 2.34. The number of pyridine rings is 1. The van der Waals surface area contributed by atoms with Gasteiger partial charge in [0.1, 0.15) is 10.4 Å². The monoisotopic (exact) mass is 308 g/mol. The smallest absolute Gasteiger partial charge is 0.255 e. The highest BCUT2D eigenvalue weighted by Crippen LogP contribution is 2.17. The highest BCUT2D eigenvalue weighted by molar-refractivity contribution is 9.10. The largest absolute Gasteiger partial charge is 0.321 e. The Labute approximate surface area is 112 Å². The van der Waals surface area contributed by atoms with Gasteiger partial charge in [-0.3, -0.25) is 4.79 Å². The minimum Gasteiger partial charge on any atom is -0.321 e. The number of nitrogens with zero attached hydrogens (tertiary/aromatic N) is 1. The van der Waals surface area contributed by atoms with Crippen molar-refractivity contribution in [3.05, 3.63) is 58.1 Å². The Balaban J connectivity index is 2.16. The second kappa shape index (κ2) is 5.27. The predicted molar refractivity (Wildman–Crippen MR) is 71.0 cm³/mol. The molecule has 1 aromatic carbocycles. The van der Waals surface area contributed by atoms with Crippen LogP contribution in [0, 0.1) is 12.7 Å². The molecule has 1 heterocycles. The SMILES string of the molecule is Cc1cc(NC(=O)c2ccc(F)cc2)cnc1Br. The van der Waals surface area contributed by atoms with Gasteiger partial charge in [-0.15, -0.1) is 0 Å². The van der Waals surface area contributed by atoms with Gasteiger partial charge in [0.2, 0.25) is 0 Å². The Kier molecular flexibility index (Phi) is 3.72. The summed E-state index contributed by atoms with van der Waals surface area (Å²) in [5.74, 6) is -0.661. The third kappa shape index (κ3) is 2.92. The van der Waals surface area contributed by atoms with E-state index in [1.165, 1.54) is 24.3 Å². The van der Waals surface area contributed by atoms with Crippen molar-refractivity contribution in [2.24, 2.45) is 0 Å². The van der Waals surface area contributed by atoms with Gasteiger partial charge in [-0.25, -0.2) is 9.37 Å². The Bertz CT molecular complexity index is 584. The lowest BCUT2D eigenvalue weighted by molar-refractivity contribution is 0.102. The molecule has 0 saturated carbocycles. The number of halogens is 2. The first kappa shape index (κ1) is 12.7. The molecule has 0 unspecified atom stereocenters. The van der Waals surface area contributed by atoms with E-state index >= 15 is 0 Å². The lowest BCUT2D eigenvalue weighted by Crippen LogP contribution is -2.12. The molecule has 3 nitrogen and oxygen atoms in total. The third-order valence-electron chi connectivity index (χ3n) is 2.38. The molecule has 1 aromatic heterocycles. The number of amides is 1. The van der Waals surface area contributed by atoms with E-state index in [4.69, 9.17) is 0 Å². The van der Waals surface area contributed by atoms with Gasteiger partial charge in [0.05, 0.1) is 11.9 Å². The quantitative estimate of drug-likeness (QED) is 0.862. The molecule has 0 aliphatic heterocycles. The number of aromatic nitrogens is 1. The summed E-state index contributed by atoms with van der Waals surface area (Å²) in [7, 11) is 0. The molecule has 0 atom stereocenters. The number of hydrogen-bond acceptors (Lipinski definition) is 2. The summed E-state index contributed by atoms with van der Waals surface area (Å²) < 4.78 is 13.5. The zero-order valence-electron chi connectivity index (χ0n) is 9.58. The van der Waals surface area contributed by atoms with E-state index in [9.17, 15) is 9.18 Å². The van der Waals surface area contributed by atoms with Gasteiger partial charge in [0.15, 0.2) is 0 Å². The summed E-state index contributed by atoms with van der Waals surface area (Å²) in [5, 5.41) is 2.70. The zero-order chi connectivity index (χ0) is 13.1. The van der Waals surface area contributed by atoms with Crippen LogP contribution in [0.4, 0.5) is 10.1 Å². The summed E-state index contributed by atoms with van der Waals surface area (Å²) >= 11 is 3.28. The lowest BCUT2D eigenvalue weighted by atomic mass is 10.2. The normalized spacial score (nSPS) is 10.2. The molecular weight excluding hydrogens is 299 g/mol. The molecule has 18 heavy (non-hydrogen) atoms. The maximum absolute atomic E-state index is 12.7. The Morgan fingerprint density at radius 3 is 2.61 bits per heavy atom.